The Bertz CT molecular complexity index is 598. The molecule has 5 nitrogen and oxygen atoms in total. The van der Waals surface area contributed by atoms with E-state index in [9.17, 15) is 4.79 Å². The average Bonchev–Trinajstić information content (AvgIpc) is 3.03. The van der Waals surface area contributed by atoms with Crippen LogP contribution in [0, 0.1) is 5.41 Å². The van der Waals surface area contributed by atoms with Gasteiger partial charge in [0.15, 0.2) is 0 Å². The Hall–Kier alpha value is -2.14. The summed E-state index contributed by atoms with van der Waals surface area (Å²) in [5.74, 6) is 0.107. The minimum atomic E-state index is -0.272. The summed E-state index contributed by atoms with van der Waals surface area (Å²) in [6.07, 6.45) is 5.39. The molecule has 110 valence electrons. The zero-order valence-corrected chi connectivity index (χ0v) is 12.2. The standard InChI is InChI=1S/C16H20N4O/c1-16(7-10-17-11-8-16)15(21)19-13-3-5-14(6-4-13)20-12-2-9-18-20/h2-6,9,12,17H,7-8,10-11H2,1H3,(H,19,21). The molecular weight excluding hydrogens is 264 g/mol. The average molecular weight is 284 g/mol. The maximum atomic E-state index is 12.4. The van der Waals surface area contributed by atoms with E-state index in [2.05, 4.69) is 15.7 Å². The highest BCUT2D eigenvalue weighted by molar-refractivity contribution is 5.95. The second kappa shape index (κ2) is 5.69. The van der Waals surface area contributed by atoms with Crippen LogP contribution in [0.15, 0.2) is 42.7 Å². The molecular formula is C16H20N4O. The summed E-state index contributed by atoms with van der Waals surface area (Å²) in [6, 6.07) is 9.62. The molecule has 2 aromatic rings. The largest absolute Gasteiger partial charge is 0.326 e. The number of hydrogen-bond donors (Lipinski definition) is 2. The number of carbonyl (C=O) groups is 1. The number of carbonyl (C=O) groups excluding carboxylic acids is 1. The van der Waals surface area contributed by atoms with E-state index in [1.54, 1.807) is 10.9 Å². The van der Waals surface area contributed by atoms with Gasteiger partial charge in [-0.1, -0.05) is 6.92 Å². The molecule has 2 heterocycles. The number of aromatic nitrogens is 2. The second-order valence-corrected chi connectivity index (χ2v) is 5.76. The molecule has 1 amide bonds. The van der Waals surface area contributed by atoms with Crippen LogP contribution in [0.2, 0.25) is 0 Å². The molecule has 1 saturated heterocycles. The molecule has 0 aliphatic carbocycles. The van der Waals surface area contributed by atoms with Crippen molar-refractivity contribution >= 4 is 11.6 Å². The molecule has 1 aromatic carbocycles. The molecule has 0 spiro atoms. The minimum Gasteiger partial charge on any atom is -0.326 e. The van der Waals surface area contributed by atoms with Crippen LogP contribution in [0.5, 0.6) is 0 Å². The summed E-state index contributed by atoms with van der Waals surface area (Å²) in [5.41, 5.74) is 1.54. The monoisotopic (exact) mass is 284 g/mol. The molecule has 0 radical (unpaired) electrons. The Morgan fingerprint density at radius 2 is 2.00 bits per heavy atom. The van der Waals surface area contributed by atoms with Crippen molar-refractivity contribution in [2.75, 3.05) is 18.4 Å². The molecule has 3 rings (SSSR count). The molecule has 0 bridgehead atoms. The Labute approximate surface area is 124 Å². The van der Waals surface area contributed by atoms with E-state index in [4.69, 9.17) is 0 Å². The van der Waals surface area contributed by atoms with Gasteiger partial charge >= 0.3 is 0 Å². The van der Waals surface area contributed by atoms with Gasteiger partial charge in [-0.25, -0.2) is 4.68 Å². The lowest BCUT2D eigenvalue weighted by Crippen LogP contribution is -2.42. The predicted molar refractivity (Wildman–Crippen MR) is 82.4 cm³/mol. The highest BCUT2D eigenvalue weighted by Gasteiger charge is 2.34. The van der Waals surface area contributed by atoms with Crippen LogP contribution in [0.1, 0.15) is 19.8 Å². The highest BCUT2D eigenvalue weighted by atomic mass is 16.2. The molecule has 1 fully saturated rings. The first-order valence-electron chi connectivity index (χ1n) is 7.30. The number of hydrogen-bond acceptors (Lipinski definition) is 3. The van der Waals surface area contributed by atoms with Gasteiger partial charge in [-0.15, -0.1) is 0 Å². The quantitative estimate of drug-likeness (QED) is 0.908. The first-order chi connectivity index (χ1) is 10.2. The van der Waals surface area contributed by atoms with Crippen molar-refractivity contribution in [1.82, 2.24) is 15.1 Å². The van der Waals surface area contributed by atoms with Crippen LogP contribution in [-0.4, -0.2) is 28.8 Å². The van der Waals surface area contributed by atoms with Gasteiger partial charge in [0.25, 0.3) is 0 Å². The van der Waals surface area contributed by atoms with E-state index >= 15 is 0 Å². The normalized spacial score (nSPS) is 17.4. The number of benzene rings is 1. The Morgan fingerprint density at radius 1 is 1.29 bits per heavy atom. The number of amides is 1. The van der Waals surface area contributed by atoms with Crippen molar-refractivity contribution in [1.29, 1.82) is 0 Å². The molecule has 0 atom stereocenters. The van der Waals surface area contributed by atoms with Crippen molar-refractivity contribution in [3.63, 3.8) is 0 Å². The van der Waals surface area contributed by atoms with E-state index in [-0.39, 0.29) is 11.3 Å². The van der Waals surface area contributed by atoms with Crippen LogP contribution >= 0.6 is 0 Å². The third kappa shape index (κ3) is 2.97. The van der Waals surface area contributed by atoms with Crippen LogP contribution in [0.25, 0.3) is 5.69 Å². The number of rotatable bonds is 3. The fourth-order valence-electron chi connectivity index (χ4n) is 2.61. The van der Waals surface area contributed by atoms with Crippen molar-refractivity contribution in [2.45, 2.75) is 19.8 Å². The third-order valence-electron chi connectivity index (χ3n) is 4.15. The lowest BCUT2D eigenvalue weighted by Gasteiger charge is -2.32. The SMILES string of the molecule is CC1(C(=O)Nc2ccc(-n3cccn3)cc2)CCNCC1. The lowest BCUT2D eigenvalue weighted by atomic mass is 9.80. The van der Waals surface area contributed by atoms with Gasteiger partial charge < -0.3 is 10.6 Å². The molecule has 1 aromatic heterocycles. The summed E-state index contributed by atoms with van der Waals surface area (Å²) < 4.78 is 1.79. The van der Waals surface area contributed by atoms with E-state index in [1.807, 2.05) is 43.5 Å². The molecule has 2 N–H and O–H groups in total. The molecule has 1 aliphatic heterocycles. The van der Waals surface area contributed by atoms with Crippen molar-refractivity contribution in [2.24, 2.45) is 5.41 Å². The van der Waals surface area contributed by atoms with Gasteiger partial charge in [-0.05, 0) is 56.3 Å². The van der Waals surface area contributed by atoms with Crippen LogP contribution < -0.4 is 10.6 Å². The number of nitrogens with one attached hydrogen (secondary N) is 2. The van der Waals surface area contributed by atoms with E-state index in [0.29, 0.717) is 0 Å². The van der Waals surface area contributed by atoms with Gasteiger partial charge in [-0.2, -0.15) is 5.10 Å². The molecule has 21 heavy (non-hydrogen) atoms. The summed E-state index contributed by atoms with van der Waals surface area (Å²) in [6.45, 7) is 3.85. The fourth-order valence-corrected chi connectivity index (χ4v) is 2.61. The van der Waals surface area contributed by atoms with E-state index < -0.39 is 0 Å². The molecule has 1 aliphatic rings. The Morgan fingerprint density at radius 3 is 2.62 bits per heavy atom. The van der Waals surface area contributed by atoms with Gasteiger partial charge in [0.05, 0.1) is 5.69 Å². The summed E-state index contributed by atoms with van der Waals surface area (Å²) >= 11 is 0. The van der Waals surface area contributed by atoms with E-state index in [1.165, 1.54) is 0 Å². The topological polar surface area (TPSA) is 59.0 Å². The molecule has 5 heteroatoms. The maximum Gasteiger partial charge on any atom is 0.230 e. The predicted octanol–water partition coefficient (Wildman–Crippen LogP) is 2.20. The van der Waals surface area contributed by atoms with Gasteiger partial charge in [0.2, 0.25) is 5.91 Å². The lowest BCUT2D eigenvalue weighted by molar-refractivity contribution is -0.126. The first kappa shape index (κ1) is 13.8. The van der Waals surface area contributed by atoms with E-state index in [0.717, 1.165) is 37.3 Å². The summed E-state index contributed by atoms with van der Waals surface area (Å²) in [5, 5.41) is 10.5. The number of nitrogens with zero attached hydrogens (tertiary/aromatic N) is 2. The zero-order valence-electron chi connectivity index (χ0n) is 12.2. The fraction of sp³-hybridized carbons (Fsp3) is 0.375. The zero-order chi connectivity index (χ0) is 14.7. The van der Waals surface area contributed by atoms with Gasteiger partial charge in [0.1, 0.15) is 0 Å². The van der Waals surface area contributed by atoms with Gasteiger partial charge in [-0.3, -0.25) is 4.79 Å². The van der Waals surface area contributed by atoms with Crippen LogP contribution in [0.4, 0.5) is 5.69 Å². The minimum absolute atomic E-state index is 0.107. The highest BCUT2D eigenvalue weighted by Crippen LogP contribution is 2.29. The van der Waals surface area contributed by atoms with Crippen LogP contribution in [0.3, 0.4) is 0 Å². The van der Waals surface area contributed by atoms with Crippen molar-refractivity contribution < 1.29 is 4.79 Å². The Kier molecular flexibility index (Phi) is 3.75. The number of anilines is 1. The van der Waals surface area contributed by atoms with Gasteiger partial charge in [0, 0.05) is 23.5 Å². The van der Waals surface area contributed by atoms with Crippen molar-refractivity contribution in [3.05, 3.63) is 42.7 Å². The van der Waals surface area contributed by atoms with Crippen molar-refractivity contribution in [3.8, 4) is 5.69 Å². The molecule has 0 saturated carbocycles. The first-order valence-corrected chi connectivity index (χ1v) is 7.30. The smallest absolute Gasteiger partial charge is 0.230 e. The van der Waals surface area contributed by atoms with Crippen LogP contribution in [-0.2, 0) is 4.79 Å². The summed E-state index contributed by atoms with van der Waals surface area (Å²) in [7, 11) is 0. The maximum absolute atomic E-state index is 12.4. The Balaban J connectivity index is 1.69. The third-order valence-corrected chi connectivity index (χ3v) is 4.15. The number of piperidine rings is 1. The second-order valence-electron chi connectivity index (χ2n) is 5.76. The summed E-state index contributed by atoms with van der Waals surface area (Å²) in [4.78, 5) is 12.4. The molecule has 0 unspecified atom stereocenters.